The normalized spacial score (nSPS) is 11.8. The van der Waals surface area contributed by atoms with E-state index in [1.165, 1.54) is 0 Å². The van der Waals surface area contributed by atoms with E-state index in [1.807, 2.05) is 48.5 Å². The topological polar surface area (TPSA) is 69.0 Å². The summed E-state index contributed by atoms with van der Waals surface area (Å²) in [7, 11) is 0. The fourth-order valence-corrected chi connectivity index (χ4v) is 2.54. The molecule has 3 rings (SSSR count). The molecule has 0 saturated carbocycles. The summed E-state index contributed by atoms with van der Waals surface area (Å²) in [6, 6.07) is 15.2. The molecule has 1 unspecified atom stereocenters. The van der Waals surface area contributed by atoms with Gasteiger partial charge in [-0.05, 0) is 47.1 Å². The highest BCUT2D eigenvalue weighted by Gasteiger charge is 2.18. The predicted octanol–water partition coefficient (Wildman–Crippen LogP) is 3.11. The summed E-state index contributed by atoms with van der Waals surface area (Å²) in [6.07, 6.45) is 2.80. The number of hydrogen-bond donors (Lipinski definition) is 1. The zero-order chi connectivity index (χ0) is 17.6. The number of nitrogens with zero attached hydrogens (tertiary/aromatic N) is 3. The molecule has 7 heteroatoms. The molecule has 128 valence electrons. The van der Waals surface area contributed by atoms with Crippen LogP contribution >= 0.6 is 15.9 Å². The van der Waals surface area contributed by atoms with E-state index in [1.54, 1.807) is 24.0 Å². The maximum atomic E-state index is 12.2. The lowest BCUT2D eigenvalue weighted by Crippen LogP contribution is -2.36. The second-order valence-electron chi connectivity index (χ2n) is 5.36. The van der Waals surface area contributed by atoms with E-state index >= 15 is 0 Å². The molecule has 0 spiro atoms. The van der Waals surface area contributed by atoms with Gasteiger partial charge in [-0.3, -0.25) is 9.78 Å². The third kappa shape index (κ3) is 4.45. The van der Waals surface area contributed by atoms with Crippen LogP contribution in [0, 0.1) is 0 Å². The average Bonchev–Trinajstić information content (AvgIpc) is 3.02. The molecule has 0 bridgehead atoms. The van der Waals surface area contributed by atoms with Gasteiger partial charge < -0.3 is 10.1 Å². The first kappa shape index (κ1) is 17.2. The molecular weight excluding hydrogens is 384 g/mol. The zero-order valence-corrected chi connectivity index (χ0v) is 15.2. The van der Waals surface area contributed by atoms with E-state index in [-0.39, 0.29) is 5.91 Å². The fourth-order valence-electron chi connectivity index (χ4n) is 2.17. The number of carbonyl (C=O) groups excluding carboxylic acids is 1. The Labute approximate surface area is 154 Å². The predicted molar refractivity (Wildman–Crippen MR) is 97.4 cm³/mol. The fraction of sp³-hybridized carbons (Fsp3) is 0.167. The zero-order valence-electron chi connectivity index (χ0n) is 13.6. The van der Waals surface area contributed by atoms with Gasteiger partial charge in [0, 0.05) is 12.4 Å². The molecule has 25 heavy (non-hydrogen) atoms. The van der Waals surface area contributed by atoms with Crippen molar-refractivity contribution in [2.45, 2.75) is 19.6 Å². The Morgan fingerprint density at radius 3 is 2.72 bits per heavy atom. The molecule has 2 heterocycles. The Morgan fingerprint density at radius 1 is 1.24 bits per heavy atom. The number of carbonyl (C=O) groups is 1. The number of ether oxygens (including phenoxy) is 1. The molecule has 0 fully saturated rings. The van der Waals surface area contributed by atoms with Crippen LogP contribution in [0.5, 0.6) is 5.88 Å². The minimum Gasteiger partial charge on any atom is -0.463 e. The Balaban J connectivity index is 1.61. The number of hydrogen-bond acceptors (Lipinski definition) is 4. The standard InChI is InChI=1S/C18H17BrN4O2/c1-13(17(24)21-11-14-7-5-6-10-20-14)25-18-16(19)12-23(22-18)15-8-3-2-4-9-15/h2-10,12-13H,11H2,1H3,(H,21,24). The lowest BCUT2D eigenvalue weighted by Gasteiger charge is -2.13. The smallest absolute Gasteiger partial charge is 0.261 e. The number of pyridine rings is 1. The van der Waals surface area contributed by atoms with Gasteiger partial charge in [0.1, 0.15) is 0 Å². The van der Waals surface area contributed by atoms with Gasteiger partial charge in [-0.15, -0.1) is 5.10 Å². The SMILES string of the molecule is CC(Oc1nn(-c2ccccc2)cc1Br)C(=O)NCc1ccccn1. The second-order valence-corrected chi connectivity index (χ2v) is 6.22. The summed E-state index contributed by atoms with van der Waals surface area (Å²) in [5.41, 5.74) is 1.70. The Hall–Kier alpha value is -2.67. The number of aromatic nitrogens is 3. The Morgan fingerprint density at radius 2 is 2.00 bits per heavy atom. The Kier molecular flexibility index (Phi) is 5.45. The van der Waals surface area contributed by atoms with Gasteiger partial charge in [-0.25, -0.2) is 4.68 Å². The van der Waals surface area contributed by atoms with Crippen LogP contribution in [0.4, 0.5) is 0 Å². The molecule has 1 atom stereocenters. The summed E-state index contributed by atoms with van der Waals surface area (Å²) in [5.74, 6) is 0.135. The highest BCUT2D eigenvalue weighted by atomic mass is 79.9. The molecule has 1 aromatic carbocycles. The average molecular weight is 401 g/mol. The summed E-state index contributed by atoms with van der Waals surface area (Å²) in [6.45, 7) is 2.04. The molecule has 0 saturated heterocycles. The van der Waals surface area contributed by atoms with Crippen LogP contribution in [-0.2, 0) is 11.3 Å². The minimum absolute atomic E-state index is 0.230. The van der Waals surface area contributed by atoms with E-state index in [2.05, 4.69) is 31.3 Å². The van der Waals surface area contributed by atoms with Crippen molar-refractivity contribution >= 4 is 21.8 Å². The van der Waals surface area contributed by atoms with Crippen molar-refractivity contribution in [2.24, 2.45) is 0 Å². The van der Waals surface area contributed by atoms with Gasteiger partial charge in [0.15, 0.2) is 6.10 Å². The molecule has 6 nitrogen and oxygen atoms in total. The van der Waals surface area contributed by atoms with Crippen LogP contribution in [-0.4, -0.2) is 26.8 Å². The van der Waals surface area contributed by atoms with E-state index in [4.69, 9.17) is 4.74 Å². The van der Waals surface area contributed by atoms with Crippen LogP contribution in [0.25, 0.3) is 5.69 Å². The minimum atomic E-state index is -0.681. The number of nitrogens with one attached hydrogen (secondary N) is 1. The molecule has 1 N–H and O–H groups in total. The van der Waals surface area contributed by atoms with E-state index in [0.717, 1.165) is 11.4 Å². The second kappa shape index (κ2) is 7.94. The molecule has 0 aliphatic carbocycles. The van der Waals surface area contributed by atoms with Crippen molar-refractivity contribution in [1.29, 1.82) is 0 Å². The van der Waals surface area contributed by atoms with Crippen molar-refractivity contribution in [3.63, 3.8) is 0 Å². The van der Waals surface area contributed by atoms with E-state index < -0.39 is 6.10 Å². The number of benzene rings is 1. The largest absolute Gasteiger partial charge is 0.463 e. The van der Waals surface area contributed by atoms with Gasteiger partial charge in [-0.1, -0.05) is 24.3 Å². The molecule has 0 aliphatic rings. The van der Waals surface area contributed by atoms with Crippen molar-refractivity contribution in [3.8, 4) is 11.6 Å². The monoisotopic (exact) mass is 400 g/mol. The van der Waals surface area contributed by atoms with Crippen molar-refractivity contribution in [2.75, 3.05) is 0 Å². The molecular formula is C18H17BrN4O2. The van der Waals surface area contributed by atoms with E-state index in [9.17, 15) is 4.79 Å². The molecule has 0 aliphatic heterocycles. The summed E-state index contributed by atoms with van der Waals surface area (Å²) in [4.78, 5) is 16.4. The lowest BCUT2D eigenvalue weighted by atomic mass is 10.3. The van der Waals surface area contributed by atoms with Crippen LogP contribution in [0.3, 0.4) is 0 Å². The number of amides is 1. The molecule has 1 amide bonds. The molecule has 0 radical (unpaired) electrons. The van der Waals surface area contributed by atoms with Crippen molar-refractivity contribution in [3.05, 3.63) is 71.1 Å². The Bertz CT molecular complexity index is 837. The van der Waals surface area contributed by atoms with Crippen LogP contribution in [0.1, 0.15) is 12.6 Å². The van der Waals surface area contributed by atoms with Crippen molar-refractivity contribution in [1.82, 2.24) is 20.1 Å². The summed E-state index contributed by atoms with van der Waals surface area (Å²) in [5, 5.41) is 7.18. The maximum Gasteiger partial charge on any atom is 0.261 e. The first-order chi connectivity index (χ1) is 12.1. The van der Waals surface area contributed by atoms with Crippen molar-refractivity contribution < 1.29 is 9.53 Å². The van der Waals surface area contributed by atoms with Gasteiger partial charge in [0.25, 0.3) is 5.91 Å². The van der Waals surface area contributed by atoms with E-state index in [0.29, 0.717) is 16.9 Å². The van der Waals surface area contributed by atoms with Gasteiger partial charge in [-0.2, -0.15) is 0 Å². The maximum absolute atomic E-state index is 12.2. The van der Waals surface area contributed by atoms with Gasteiger partial charge in [0.2, 0.25) is 5.88 Å². The number of halogens is 1. The molecule has 2 aromatic heterocycles. The van der Waals surface area contributed by atoms with Gasteiger partial charge in [0.05, 0.1) is 22.4 Å². The van der Waals surface area contributed by atoms with Crippen LogP contribution in [0.2, 0.25) is 0 Å². The quantitative estimate of drug-likeness (QED) is 0.689. The first-order valence-electron chi connectivity index (χ1n) is 7.78. The highest BCUT2D eigenvalue weighted by Crippen LogP contribution is 2.25. The third-order valence-electron chi connectivity index (χ3n) is 3.49. The number of para-hydroxylation sites is 1. The third-order valence-corrected chi connectivity index (χ3v) is 4.03. The van der Waals surface area contributed by atoms with Gasteiger partial charge >= 0.3 is 0 Å². The first-order valence-corrected chi connectivity index (χ1v) is 8.57. The lowest BCUT2D eigenvalue weighted by molar-refractivity contribution is -0.127. The highest BCUT2D eigenvalue weighted by molar-refractivity contribution is 9.10. The summed E-state index contributed by atoms with van der Waals surface area (Å²) >= 11 is 3.42. The van der Waals surface area contributed by atoms with Crippen LogP contribution in [0.15, 0.2) is 65.4 Å². The number of rotatable bonds is 6. The summed E-state index contributed by atoms with van der Waals surface area (Å²) < 4.78 is 8.06. The molecule has 3 aromatic rings. The van der Waals surface area contributed by atoms with Crippen LogP contribution < -0.4 is 10.1 Å².